The highest BCUT2D eigenvalue weighted by Gasteiger charge is 2.39. The van der Waals surface area contributed by atoms with E-state index in [1.54, 1.807) is 47.7 Å². The first-order chi connectivity index (χ1) is 15.4. The van der Waals surface area contributed by atoms with Crippen LogP contribution < -0.4 is 0 Å². The van der Waals surface area contributed by atoms with Gasteiger partial charge in [0.15, 0.2) is 5.82 Å². The van der Waals surface area contributed by atoms with Gasteiger partial charge >= 0.3 is 0 Å². The SMILES string of the molecule is CCC[C@]1(C)CC(C)CC/C(=C/c2ncc(-c3ccc(-n4ccnc4)cc3O)nn2)[C@H]1F. The van der Waals surface area contributed by atoms with Gasteiger partial charge in [-0.25, -0.2) is 14.4 Å². The molecule has 0 saturated heterocycles. The minimum absolute atomic E-state index is 0.0790. The molecule has 1 aliphatic carbocycles. The molecule has 7 heteroatoms. The molecule has 0 bridgehead atoms. The zero-order chi connectivity index (χ0) is 22.7. The van der Waals surface area contributed by atoms with Crippen LogP contribution in [0.3, 0.4) is 0 Å². The normalized spacial score (nSPS) is 25.1. The van der Waals surface area contributed by atoms with Gasteiger partial charge in [0, 0.05) is 29.4 Å². The van der Waals surface area contributed by atoms with Crippen molar-refractivity contribution in [3.8, 4) is 22.7 Å². The predicted molar refractivity (Wildman–Crippen MR) is 123 cm³/mol. The number of halogens is 1. The Balaban J connectivity index is 1.58. The summed E-state index contributed by atoms with van der Waals surface area (Å²) in [5.41, 5.74) is 2.19. The van der Waals surface area contributed by atoms with E-state index in [0.717, 1.165) is 36.9 Å². The molecule has 0 spiro atoms. The van der Waals surface area contributed by atoms with Crippen LogP contribution in [0, 0.1) is 11.3 Å². The van der Waals surface area contributed by atoms with Gasteiger partial charge in [-0.15, -0.1) is 10.2 Å². The molecule has 1 aliphatic rings. The summed E-state index contributed by atoms with van der Waals surface area (Å²) in [6.07, 6.45) is 11.9. The quantitative estimate of drug-likeness (QED) is 0.514. The van der Waals surface area contributed by atoms with E-state index >= 15 is 4.39 Å². The maximum Gasteiger partial charge on any atom is 0.174 e. The van der Waals surface area contributed by atoms with Gasteiger partial charge in [-0.1, -0.05) is 27.2 Å². The highest BCUT2D eigenvalue weighted by Crippen LogP contribution is 2.45. The third-order valence-corrected chi connectivity index (χ3v) is 6.45. The molecule has 1 aromatic carbocycles. The molecule has 168 valence electrons. The van der Waals surface area contributed by atoms with E-state index in [-0.39, 0.29) is 11.2 Å². The Bertz CT molecular complexity index is 1080. The van der Waals surface area contributed by atoms with Crippen LogP contribution in [-0.4, -0.2) is 36.0 Å². The standard InChI is InChI=1S/C25H30FN5O/c1-4-9-25(3)14-17(2)5-6-18(24(25)26)12-23-28-15-21(29-30-23)20-8-7-19(13-22(20)32)31-11-10-27-16-31/h7-8,10-13,15-17,24,32H,4-6,9,14H2,1-3H3/b18-12-/t17?,24-,25-/m1/s1. The number of rotatable bonds is 5. The van der Waals surface area contributed by atoms with Crippen LogP contribution in [0.1, 0.15) is 58.7 Å². The number of aromatic hydroxyl groups is 1. The van der Waals surface area contributed by atoms with Crippen LogP contribution in [0.25, 0.3) is 23.0 Å². The van der Waals surface area contributed by atoms with Gasteiger partial charge in [-0.3, -0.25) is 0 Å². The topological polar surface area (TPSA) is 76.7 Å². The Hall–Kier alpha value is -3.09. The number of phenolic OH excluding ortho intramolecular Hbond substituents is 1. The first-order valence-corrected chi connectivity index (χ1v) is 11.3. The molecule has 0 aliphatic heterocycles. The predicted octanol–water partition coefficient (Wildman–Crippen LogP) is 5.78. The van der Waals surface area contributed by atoms with E-state index < -0.39 is 6.17 Å². The summed E-state index contributed by atoms with van der Waals surface area (Å²) in [6.45, 7) is 6.39. The van der Waals surface area contributed by atoms with Crippen molar-refractivity contribution in [2.24, 2.45) is 11.3 Å². The molecule has 32 heavy (non-hydrogen) atoms. The van der Waals surface area contributed by atoms with Crippen molar-refractivity contribution in [1.82, 2.24) is 24.7 Å². The van der Waals surface area contributed by atoms with Crippen LogP contribution in [-0.2, 0) is 0 Å². The fraction of sp³-hybridized carbons (Fsp3) is 0.440. The lowest BCUT2D eigenvalue weighted by Gasteiger charge is -2.33. The second kappa shape index (κ2) is 9.18. The highest BCUT2D eigenvalue weighted by molar-refractivity contribution is 5.68. The smallest absolute Gasteiger partial charge is 0.174 e. The minimum atomic E-state index is -1.00. The van der Waals surface area contributed by atoms with Gasteiger partial charge in [0.1, 0.15) is 17.6 Å². The number of hydrogen-bond donors (Lipinski definition) is 1. The molecule has 3 aromatic rings. The molecule has 0 amide bonds. The third kappa shape index (κ3) is 4.56. The highest BCUT2D eigenvalue weighted by atomic mass is 19.1. The van der Waals surface area contributed by atoms with Gasteiger partial charge in [0.2, 0.25) is 0 Å². The van der Waals surface area contributed by atoms with Crippen LogP contribution in [0.2, 0.25) is 0 Å². The molecule has 2 heterocycles. The average Bonchev–Trinajstić information content (AvgIpc) is 3.29. The molecule has 4 rings (SSSR count). The van der Waals surface area contributed by atoms with Crippen molar-refractivity contribution in [1.29, 1.82) is 0 Å². The fourth-order valence-corrected chi connectivity index (χ4v) is 4.88. The second-order valence-electron chi connectivity index (χ2n) is 9.21. The Morgan fingerprint density at radius 1 is 1.31 bits per heavy atom. The van der Waals surface area contributed by atoms with Gasteiger partial charge in [-0.2, -0.15) is 0 Å². The number of imidazole rings is 1. The Kier molecular flexibility index (Phi) is 6.35. The largest absolute Gasteiger partial charge is 0.507 e. The van der Waals surface area contributed by atoms with Crippen molar-refractivity contribution < 1.29 is 9.50 Å². The van der Waals surface area contributed by atoms with Crippen molar-refractivity contribution in [3.05, 3.63) is 54.5 Å². The number of aromatic nitrogens is 5. The van der Waals surface area contributed by atoms with Crippen LogP contribution in [0.15, 0.2) is 48.7 Å². The third-order valence-electron chi connectivity index (χ3n) is 6.45. The molecular weight excluding hydrogens is 405 g/mol. The van der Waals surface area contributed by atoms with E-state index in [2.05, 4.69) is 40.9 Å². The van der Waals surface area contributed by atoms with E-state index in [9.17, 15) is 5.11 Å². The van der Waals surface area contributed by atoms with Gasteiger partial charge in [-0.05, 0) is 55.4 Å². The molecular formula is C25H30FN5O. The van der Waals surface area contributed by atoms with Crippen molar-refractivity contribution in [2.45, 2.75) is 59.0 Å². The molecule has 2 aromatic heterocycles. The van der Waals surface area contributed by atoms with Crippen LogP contribution in [0.5, 0.6) is 5.75 Å². The van der Waals surface area contributed by atoms with E-state index in [1.165, 1.54) is 0 Å². The molecule has 6 nitrogen and oxygen atoms in total. The lowest BCUT2D eigenvalue weighted by molar-refractivity contribution is 0.120. The summed E-state index contributed by atoms with van der Waals surface area (Å²) in [5, 5.41) is 18.9. The first-order valence-electron chi connectivity index (χ1n) is 11.3. The van der Waals surface area contributed by atoms with E-state index in [4.69, 9.17) is 0 Å². The average molecular weight is 436 g/mol. The molecule has 1 unspecified atom stereocenters. The zero-order valence-corrected chi connectivity index (χ0v) is 18.9. The summed E-state index contributed by atoms with van der Waals surface area (Å²) in [6, 6.07) is 5.28. The number of phenols is 1. The summed E-state index contributed by atoms with van der Waals surface area (Å²) >= 11 is 0. The van der Waals surface area contributed by atoms with Crippen LogP contribution >= 0.6 is 0 Å². The maximum atomic E-state index is 15.6. The number of alkyl halides is 1. The van der Waals surface area contributed by atoms with Crippen LogP contribution in [0.4, 0.5) is 4.39 Å². The molecule has 3 atom stereocenters. The van der Waals surface area contributed by atoms with Gasteiger partial charge < -0.3 is 9.67 Å². The lowest BCUT2D eigenvalue weighted by atomic mass is 9.74. The van der Waals surface area contributed by atoms with Crippen molar-refractivity contribution in [2.75, 3.05) is 0 Å². The minimum Gasteiger partial charge on any atom is -0.507 e. The molecule has 1 fully saturated rings. The fourth-order valence-electron chi connectivity index (χ4n) is 4.88. The number of allylic oxidation sites excluding steroid dienone is 1. The lowest BCUT2D eigenvalue weighted by Crippen LogP contribution is -2.30. The van der Waals surface area contributed by atoms with Gasteiger partial charge in [0.25, 0.3) is 0 Å². The summed E-state index contributed by atoms with van der Waals surface area (Å²) < 4.78 is 17.4. The number of benzene rings is 1. The van der Waals surface area contributed by atoms with Crippen molar-refractivity contribution >= 4 is 6.08 Å². The monoisotopic (exact) mass is 435 g/mol. The number of hydrogen-bond acceptors (Lipinski definition) is 5. The number of nitrogens with zero attached hydrogens (tertiary/aromatic N) is 5. The summed E-state index contributed by atoms with van der Waals surface area (Å²) in [7, 11) is 0. The second-order valence-corrected chi connectivity index (χ2v) is 9.21. The summed E-state index contributed by atoms with van der Waals surface area (Å²) in [4.78, 5) is 8.42. The Morgan fingerprint density at radius 3 is 2.81 bits per heavy atom. The maximum absolute atomic E-state index is 15.6. The molecule has 1 N–H and O–H groups in total. The van der Waals surface area contributed by atoms with E-state index in [1.807, 2.05) is 6.07 Å². The van der Waals surface area contributed by atoms with Gasteiger partial charge in [0.05, 0.1) is 18.2 Å². The van der Waals surface area contributed by atoms with Crippen molar-refractivity contribution in [3.63, 3.8) is 0 Å². The Morgan fingerprint density at radius 2 is 2.16 bits per heavy atom. The molecule has 1 saturated carbocycles. The Labute approximate surface area is 188 Å². The summed E-state index contributed by atoms with van der Waals surface area (Å²) in [5.74, 6) is 0.968. The zero-order valence-electron chi connectivity index (χ0n) is 18.9. The van der Waals surface area contributed by atoms with E-state index in [0.29, 0.717) is 29.4 Å². The first kappa shape index (κ1) is 22.1. The molecule has 0 radical (unpaired) electrons.